The largest absolute Gasteiger partial charge is 0.481 e. The molecule has 0 saturated heterocycles. The number of allylic oxidation sites excluding steroid dienone is 2. The minimum Gasteiger partial charge on any atom is -0.481 e. The summed E-state index contributed by atoms with van der Waals surface area (Å²) in [5.74, 6) is -3.39. The first-order valence-electron chi connectivity index (χ1n) is 10.00. The van der Waals surface area contributed by atoms with Crippen LogP contribution in [0.4, 0.5) is 5.00 Å². The van der Waals surface area contributed by atoms with Gasteiger partial charge in [0.05, 0.1) is 18.4 Å². The van der Waals surface area contributed by atoms with Crippen molar-refractivity contribution in [1.29, 1.82) is 0 Å². The van der Waals surface area contributed by atoms with Crippen LogP contribution in [-0.2, 0) is 14.3 Å². The zero-order chi connectivity index (χ0) is 21.4. The van der Waals surface area contributed by atoms with Crippen molar-refractivity contribution in [2.45, 2.75) is 20.3 Å². The number of carbonyl (C=O) groups excluding carboxylic acids is 2. The highest BCUT2D eigenvalue weighted by Crippen LogP contribution is 2.49. The molecule has 0 radical (unpaired) electrons. The number of hydrogen-bond acceptors (Lipinski definition) is 5. The molecule has 2 aromatic rings. The molecule has 2 N–H and O–H groups in total. The molecular weight excluding hydrogens is 402 g/mol. The predicted molar refractivity (Wildman–Crippen MR) is 114 cm³/mol. The molecular formula is C23H23NO5S. The van der Waals surface area contributed by atoms with E-state index in [1.165, 1.54) is 11.3 Å². The second kappa shape index (κ2) is 8.07. The molecule has 4 atom stereocenters. The van der Waals surface area contributed by atoms with Gasteiger partial charge in [0, 0.05) is 10.4 Å². The van der Waals surface area contributed by atoms with Gasteiger partial charge in [-0.3, -0.25) is 9.59 Å². The summed E-state index contributed by atoms with van der Waals surface area (Å²) in [6.45, 7) is 3.84. The van der Waals surface area contributed by atoms with E-state index in [1.54, 1.807) is 6.92 Å². The molecule has 0 spiro atoms. The summed E-state index contributed by atoms with van der Waals surface area (Å²) in [6, 6.07) is 9.49. The van der Waals surface area contributed by atoms with Crippen LogP contribution in [0.5, 0.6) is 0 Å². The summed E-state index contributed by atoms with van der Waals surface area (Å²) in [4.78, 5) is 38.6. The Hall–Kier alpha value is -2.93. The zero-order valence-corrected chi connectivity index (χ0v) is 17.6. The third-order valence-corrected chi connectivity index (χ3v) is 6.93. The van der Waals surface area contributed by atoms with Crippen molar-refractivity contribution < 1.29 is 24.2 Å². The van der Waals surface area contributed by atoms with E-state index in [9.17, 15) is 19.5 Å². The normalized spacial score (nSPS) is 24.1. The van der Waals surface area contributed by atoms with Crippen molar-refractivity contribution >= 4 is 34.2 Å². The number of carboxylic acid groups (broad SMARTS) is 1. The molecule has 1 aromatic heterocycles. The third-order valence-electron chi connectivity index (χ3n) is 5.91. The Morgan fingerprint density at radius 3 is 2.43 bits per heavy atom. The standard InChI is InChI=1S/C23H23NO5S/c1-3-29-23(28)19-16(13-7-5-4-6-8-13)12(2)30-21(19)24-20(25)17-14-9-10-15(11-14)18(17)22(26)27/h4-10,14-15,17-18H,3,11H2,1-2H3,(H,24,25)(H,26,27)/t14-,15+,17+,18+/m1/s1. The highest BCUT2D eigenvalue weighted by Gasteiger charge is 2.51. The van der Waals surface area contributed by atoms with E-state index < -0.39 is 23.8 Å². The van der Waals surface area contributed by atoms with Gasteiger partial charge in [-0.25, -0.2) is 4.79 Å². The molecule has 7 heteroatoms. The Balaban J connectivity index is 1.71. The van der Waals surface area contributed by atoms with Crippen LogP contribution >= 0.6 is 11.3 Å². The van der Waals surface area contributed by atoms with Gasteiger partial charge in [0.1, 0.15) is 10.6 Å². The van der Waals surface area contributed by atoms with Gasteiger partial charge in [-0.15, -0.1) is 11.3 Å². The summed E-state index contributed by atoms with van der Waals surface area (Å²) in [6.07, 6.45) is 4.52. The highest BCUT2D eigenvalue weighted by molar-refractivity contribution is 7.17. The topological polar surface area (TPSA) is 92.7 Å². The summed E-state index contributed by atoms with van der Waals surface area (Å²) >= 11 is 1.31. The van der Waals surface area contributed by atoms with Crippen LogP contribution in [0, 0.1) is 30.6 Å². The first kappa shape index (κ1) is 20.3. The molecule has 2 aliphatic carbocycles. The number of anilines is 1. The van der Waals surface area contributed by atoms with Crippen molar-refractivity contribution in [3.8, 4) is 11.1 Å². The number of fused-ring (bicyclic) bond motifs is 2. The molecule has 6 nitrogen and oxygen atoms in total. The van der Waals surface area contributed by atoms with Crippen LogP contribution in [0.1, 0.15) is 28.6 Å². The molecule has 0 unspecified atom stereocenters. The molecule has 156 valence electrons. The smallest absolute Gasteiger partial charge is 0.341 e. The summed E-state index contributed by atoms with van der Waals surface area (Å²) in [5.41, 5.74) is 1.92. The van der Waals surface area contributed by atoms with Gasteiger partial charge in [0.2, 0.25) is 5.91 Å². The van der Waals surface area contributed by atoms with E-state index in [-0.39, 0.29) is 24.3 Å². The van der Waals surface area contributed by atoms with Crippen LogP contribution in [0.15, 0.2) is 42.5 Å². The Morgan fingerprint density at radius 2 is 1.80 bits per heavy atom. The number of carbonyl (C=O) groups is 3. The number of ether oxygens (including phenoxy) is 1. The monoisotopic (exact) mass is 425 g/mol. The zero-order valence-electron chi connectivity index (χ0n) is 16.8. The van der Waals surface area contributed by atoms with Gasteiger partial charge in [0.15, 0.2) is 0 Å². The van der Waals surface area contributed by atoms with Crippen LogP contribution < -0.4 is 5.32 Å². The van der Waals surface area contributed by atoms with E-state index in [0.29, 0.717) is 17.0 Å². The van der Waals surface area contributed by atoms with E-state index >= 15 is 0 Å². The number of hydrogen-bond donors (Lipinski definition) is 2. The van der Waals surface area contributed by atoms with Gasteiger partial charge in [0.25, 0.3) is 0 Å². The maximum absolute atomic E-state index is 13.2. The van der Waals surface area contributed by atoms with Crippen LogP contribution in [0.3, 0.4) is 0 Å². The second-order valence-electron chi connectivity index (χ2n) is 7.65. The Kier molecular flexibility index (Phi) is 5.47. The fourth-order valence-electron chi connectivity index (χ4n) is 4.69. The van der Waals surface area contributed by atoms with Crippen LogP contribution in [0.2, 0.25) is 0 Å². The van der Waals surface area contributed by atoms with Gasteiger partial charge in [-0.05, 0) is 37.7 Å². The van der Waals surface area contributed by atoms with E-state index in [2.05, 4.69) is 5.32 Å². The number of nitrogens with one attached hydrogen (secondary N) is 1. The van der Waals surface area contributed by atoms with Crippen molar-refractivity contribution in [2.24, 2.45) is 23.7 Å². The molecule has 1 fully saturated rings. The molecule has 1 saturated carbocycles. The average Bonchev–Trinajstić information content (AvgIpc) is 3.41. The Labute approximate surface area is 178 Å². The minimum absolute atomic E-state index is 0.0863. The quantitative estimate of drug-likeness (QED) is 0.530. The van der Waals surface area contributed by atoms with E-state index in [0.717, 1.165) is 16.0 Å². The highest BCUT2D eigenvalue weighted by atomic mass is 32.1. The minimum atomic E-state index is -0.954. The lowest BCUT2D eigenvalue weighted by Crippen LogP contribution is -2.36. The van der Waals surface area contributed by atoms with Crippen molar-refractivity contribution in [3.63, 3.8) is 0 Å². The lowest BCUT2D eigenvalue weighted by atomic mass is 9.82. The number of aliphatic carboxylic acids is 1. The molecule has 1 aromatic carbocycles. The van der Waals surface area contributed by atoms with Gasteiger partial charge < -0.3 is 15.2 Å². The number of esters is 1. The molecule has 4 rings (SSSR count). The summed E-state index contributed by atoms with van der Waals surface area (Å²) in [5, 5.41) is 12.9. The number of benzene rings is 1. The van der Waals surface area contributed by atoms with E-state index in [4.69, 9.17) is 4.74 Å². The Bertz CT molecular complexity index is 1030. The number of aryl methyl sites for hydroxylation is 1. The molecule has 1 amide bonds. The Morgan fingerprint density at radius 1 is 1.13 bits per heavy atom. The fraction of sp³-hybridized carbons (Fsp3) is 0.348. The van der Waals surface area contributed by atoms with Crippen LogP contribution in [-0.4, -0.2) is 29.6 Å². The SMILES string of the molecule is CCOC(=O)c1c(NC(=O)[C@@H]2[C@@H](C(=O)O)[C@H]3C=C[C@@H]2C3)sc(C)c1-c1ccccc1. The molecule has 1 heterocycles. The lowest BCUT2D eigenvalue weighted by Gasteiger charge is -2.23. The molecule has 2 aliphatic rings. The van der Waals surface area contributed by atoms with E-state index in [1.807, 2.05) is 49.4 Å². The van der Waals surface area contributed by atoms with Gasteiger partial charge in [-0.1, -0.05) is 42.5 Å². The number of rotatable bonds is 6. The van der Waals surface area contributed by atoms with Crippen molar-refractivity contribution in [1.82, 2.24) is 0 Å². The van der Waals surface area contributed by atoms with Crippen LogP contribution in [0.25, 0.3) is 11.1 Å². The fourth-order valence-corrected chi connectivity index (χ4v) is 5.76. The van der Waals surface area contributed by atoms with Gasteiger partial charge >= 0.3 is 11.9 Å². The lowest BCUT2D eigenvalue weighted by molar-refractivity contribution is -0.146. The summed E-state index contributed by atoms with van der Waals surface area (Å²) in [7, 11) is 0. The first-order chi connectivity index (χ1) is 14.4. The number of carboxylic acids is 1. The van der Waals surface area contributed by atoms with Crippen molar-refractivity contribution in [2.75, 3.05) is 11.9 Å². The molecule has 2 bridgehead atoms. The maximum Gasteiger partial charge on any atom is 0.341 e. The third kappa shape index (κ3) is 3.43. The molecule has 30 heavy (non-hydrogen) atoms. The number of amides is 1. The van der Waals surface area contributed by atoms with Crippen molar-refractivity contribution in [3.05, 3.63) is 52.9 Å². The summed E-state index contributed by atoms with van der Waals surface area (Å²) < 4.78 is 5.27. The number of thiophene rings is 1. The molecule has 0 aliphatic heterocycles. The predicted octanol–water partition coefficient (Wildman–Crippen LogP) is 4.36. The average molecular weight is 426 g/mol. The van der Waals surface area contributed by atoms with Gasteiger partial charge in [-0.2, -0.15) is 0 Å². The first-order valence-corrected chi connectivity index (χ1v) is 10.8. The maximum atomic E-state index is 13.2. The second-order valence-corrected chi connectivity index (χ2v) is 8.88.